The zero-order chi connectivity index (χ0) is 14.7. The van der Waals surface area contributed by atoms with Gasteiger partial charge in [-0.15, -0.1) is 0 Å². The molecule has 0 spiro atoms. The fraction of sp³-hybridized carbons (Fsp3) is 0.200. The van der Waals surface area contributed by atoms with Crippen LogP contribution < -0.4 is 10.2 Å². The number of ether oxygens (including phenoxy) is 1. The lowest BCUT2D eigenvalue weighted by Crippen LogP contribution is -2.17. The molecule has 0 aliphatic carbocycles. The smallest absolute Gasteiger partial charge is 0.308 e. The van der Waals surface area contributed by atoms with E-state index in [1.165, 1.54) is 6.07 Å². The van der Waals surface area contributed by atoms with Gasteiger partial charge in [-0.1, -0.05) is 6.07 Å². The minimum atomic E-state index is -1.02. The minimum Gasteiger partial charge on any atom is -0.497 e. The van der Waals surface area contributed by atoms with Crippen LogP contribution in [0.3, 0.4) is 0 Å². The van der Waals surface area contributed by atoms with Crippen LogP contribution in [-0.4, -0.2) is 22.8 Å². The molecular weight excluding hydrogens is 258 g/mol. The van der Waals surface area contributed by atoms with Crippen LogP contribution in [0.5, 0.6) is 5.75 Å². The first kappa shape index (κ1) is 13.9. The van der Waals surface area contributed by atoms with E-state index in [4.69, 9.17) is 9.84 Å². The molecule has 0 amide bonds. The van der Waals surface area contributed by atoms with Crippen LogP contribution in [0.2, 0.25) is 0 Å². The molecule has 0 saturated heterocycles. The quantitative estimate of drug-likeness (QED) is 0.922. The van der Waals surface area contributed by atoms with Gasteiger partial charge in [0.1, 0.15) is 5.75 Å². The summed E-state index contributed by atoms with van der Waals surface area (Å²) in [5, 5.41) is 8.84. The molecule has 0 saturated carbocycles. The minimum absolute atomic E-state index is 0.255. The van der Waals surface area contributed by atoms with Crippen molar-refractivity contribution < 1.29 is 14.6 Å². The number of pyridine rings is 1. The maximum Gasteiger partial charge on any atom is 0.308 e. The zero-order valence-electron chi connectivity index (χ0n) is 11.3. The van der Waals surface area contributed by atoms with Gasteiger partial charge in [0.2, 0.25) is 0 Å². The zero-order valence-corrected chi connectivity index (χ0v) is 11.3. The van der Waals surface area contributed by atoms with Gasteiger partial charge in [0.15, 0.2) is 5.43 Å². The van der Waals surface area contributed by atoms with Crippen molar-refractivity contribution in [2.24, 2.45) is 0 Å². The molecule has 0 atom stereocenters. The lowest BCUT2D eigenvalue weighted by molar-refractivity contribution is -0.136. The summed E-state index contributed by atoms with van der Waals surface area (Å²) >= 11 is 0. The third kappa shape index (κ3) is 2.88. The molecule has 1 aromatic carbocycles. The van der Waals surface area contributed by atoms with Gasteiger partial charge in [-0.2, -0.15) is 0 Å². The summed E-state index contributed by atoms with van der Waals surface area (Å²) in [7, 11) is 1.58. The standard InChI is InChI=1S/C15H15NO4/c1-10-6-14(17)11(7-15(18)19)9-16(10)12-4-3-5-13(8-12)20-2/h3-6,8-9H,7H2,1-2H3,(H,18,19). The van der Waals surface area contributed by atoms with Crippen molar-refractivity contribution in [2.45, 2.75) is 13.3 Å². The molecule has 1 heterocycles. The number of aliphatic carboxylic acids is 1. The Balaban J connectivity index is 2.55. The molecule has 0 aliphatic heterocycles. The highest BCUT2D eigenvalue weighted by molar-refractivity contribution is 5.70. The summed E-state index contributed by atoms with van der Waals surface area (Å²) in [5.41, 5.74) is 1.54. The van der Waals surface area contributed by atoms with Gasteiger partial charge in [0, 0.05) is 35.3 Å². The van der Waals surface area contributed by atoms with Gasteiger partial charge in [0.05, 0.1) is 13.5 Å². The van der Waals surface area contributed by atoms with Crippen molar-refractivity contribution in [3.05, 3.63) is 58.0 Å². The third-order valence-corrected chi connectivity index (χ3v) is 2.99. The van der Waals surface area contributed by atoms with Crippen molar-refractivity contribution in [2.75, 3.05) is 7.11 Å². The second-order valence-electron chi connectivity index (χ2n) is 4.45. The maximum absolute atomic E-state index is 11.8. The first-order valence-corrected chi connectivity index (χ1v) is 6.09. The molecule has 0 bridgehead atoms. The predicted octanol–water partition coefficient (Wildman–Crippen LogP) is 1.78. The summed E-state index contributed by atoms with van der Waals surface area (Å²) in [6.07, 6.45) is 1.28. The molecule has 20 heavy (non-hydrogen) atoms. The number of nitrogens with zero attached hydrogens (tertiary/aromatic N) is 1. The molecule has 0 fully saturated rings. The number of carboxylic acid groups (broad SMARTS) is 1. The van der Waals surface area contributed by atoms with Crippen molar-refractivity contribution in [1.29, 1.82) is 0 Å². The molecule has 5 heteroatoms. The van der Waals surface area contributed by atoms with Crippen LogP contribution >= 0.6 is 0 Å². The number of aromatic nitrogens is 1. The monoisotopic (exact) mass is 273 g/mol. The molecule has 104 valence electrons. The Morgan fingerprint density at radius 2 is 2.10 bits per heavy atom. The molecule has 0 aliphatic rings. The number of aryl methyl sites for hydroxylation is 1. The molecular formula is C15H15NO4. The van der Waals surface area contributed by atoms with E-state index < -0.39 is 5.97 Å². The van der Waals surface area contributed by atoms with E-state index in [1.54, 1.807) is 24.8 Å². The second kappa shape index (κ2) is 5.61. The highest BCUT2D eigenvalue weighted by Gasteiger charge is 2.09. The van der Waals surface area contributed by atoms with Crippen molar-refractivity contribution >= 4 is 5.97 Å². The van der Waals surface area contributed by atoms with Gasteiger partial charge < -0.3 is 14.4 Å². The van der Waals surface area contributed by atoms with E-state index >= 15 is 0 Å². The number of rotatable bonds is 4. The number of carboxylic acids is 1. The Bertz CT molecular complexity index is 703. The van der Waals surface area contributed by atoms with E-state index in [2.05, 4.69) is 0 Å². The fourth-order valence-corrected chi connectivity index (χ4v) is 2.01. The van der Waals surface area contributed by atoms with Gasteiger partial charge in [-0.05, 0) is 19.1 Å². The molecule has 0 unspecified atom stereocenters. The summed E-state index contributed by atoms with van der Waals surface area (Å²) < 4.78 is 6.95. The Labute approximate surface area is 116 Å². The van der Waals surface area contributed by atoms with Crippen LogP contribution in [0.1, 0.15) is 11.3 Å². The SMILES string of the molecule is COc1cccc(-n2cc(CC(=O)O)c(=O)cc2C)c1. The topological polar surface area (TPSA) is 68.5 Å². The average molecular weight is 273 g/mol. The highest BCUT2D eigenvalue weighted by Crippen LogP contribution is 2.17. The normalized spacial score (nSPS) is 10.3. The van der Waals surface area contributed by atoms with E-state index in [0.29, 0.717) is 5.75 Å². The number of hydrogen-bond donors (Lipinski definition) is 1. The summed E-state index contributed by atoms with van der Waals surface area (Å²) in [4.78, 5) is 22.6. The van der Waals surface area contributed by atoms with Gasteiger partial charge in [-0.25, -0.2) is 0 Å². The van der Waals surface area contributed by atoms with Gasteiger partial charge >= 0.3 is 5.97 Å². The van der Waals surface area contributed by atoms with Crippen LogP contribution in [0.25, 0.3) is 5.69 Å². The third-order valence-electron chi connectivity index (χ3n) is 2.99. The van der Waals surface area contributed by atoms with E-state index in [-0.39, 0.29) is 17.4 Å². The maximum atomic E-state index is 11.8. The first-order chi connectivity index (χ1) is 9.51. The number of benzene rings is 1. The fourth-order valence-electron chi connectivity index (χ4n) is 2.01. The van der Waals surface area contributed by atoms with Crippen LogP contribution in [0.4, 0.5) is 0 Å². The van der Waals surface area contributed by atoms with Gasteiger partial charge in [0.25, 0.3) is 0 Å². The molecule has 0 radical (unpaired) electrons. The van der Waals surface area contributed by atoms with E-state index in [0.717, 1.165) is 11.4 Å². The van der Waals surface area contributed by atoms with Crippen molar-refractivity contribution in [1.82, 2.24) is 4.57 Å². The summed E-state index contributed by atoms with van der Waals surface area (Å²) in [6.45, 7) is 1.80. The van der Waals surface area contributed by atoms with Crippen LogP contribution in [0.15, 0.2) is 41.3 Å². The summed E-state index contributed by atoms with van der Waals surface area (Å²) in [6, 6.07) is 8.78. The number of carbonyl (C=O) groups is 1. The van der Waals surface area contributed by atoms with Crippen molar-refractivity contribution in [3.8, 4) is 11.4 Å². The van der Waals surface area contributed by atoms with E-state index in [1.807, 2.05) is 24.3 Å². The number of methoxy groups -OCH3 is 1. The lowest BCUT2D eigenvalue weighted by atomic mass is 10.1. The molecule has 2 rings (SSSR count). The molecule has 1 N–H and O–H groups in total. The Kier molecular flexibility index (Phi) is 3.89. The number of hydrogen-bond acceptors (Lipinski definition) is 3. The van der Waals surface area contributed by atoms with Crippen molar-refractivity contribution in [3.63, 3.8) is 0 Å². The first-order valence-electron chi connectivity index (χ1n) is 6.09. The second-order valence-corrected chi connectivity index (χ2v) is 4.45. The predicted molar refractivity (Wildman–Crippen MR) is 74.7 cm³/mol. The Morgan fingerprint density at radius 1 is 1.35 bits per heavy atom. The van der Waals surface area contributed by atoms with Gasteiger partial charge in [-0.3, -0.25) is 9.59 Å². The average Bonchev–Trinajstić information content (AvgIpc) is 2.41. The van der Waals surface area contributed by atoms with E-state index in [9.17, 15) is 9.59 Å². The summed E-state index contributed by atoms with van der Waals surface area (Å²) in [5.74, 6) is -0.330. The molecule has 5 nitrogen and oxygen atoms in total. The molecule has 1 aromatic heterocycles. The Hall–Kier alpha value is -2.56. The van der Waals surface area contributed by atoms with Crippen LogP contribution in [0, 0.1) is 6.92 Å². The lowest BCUT2D eigenvalue weighted by Gasteiger charge is -2.13. The largest absolute Gasteiger partial charge is 0.497 e. The van der Waals surface area contributed by atoms with Crippen LogP contribution in [-0.2, 0) is 11.2 Å². The molecule has 2 aromatic rings. The highest BCUT2D eigenvalue weighted by atomic mass is 16.5. The Morgan fingerprint density at radius 3 is 2.75 bits per heavy atom.